The summed E-state index contributed by atoms with van der Waals surface area (Å²) in [5, 5.41) is 1.63. The van der Waals surface area contributed by atoms with Crippen molar-refractivity contribution in [3.05, 3.63) is 0 Å². The number of hydrogen-bond acceptors (Lipinski definition) is 2. The summed E-state index contributed by atoms with van der Waals surface area (Å²) < 4.78 is 35.0. The van der Waals surface area contributed by atoms with Crippen molar-refractivity contribution < 1.29 is 22.8 Å². The van der Waals surface area contributed by atoms with E-state index in [1.54, 1.807) is 19.2 Å². The van der Waals surface area contributed by atoms with Gasteiger partial charge in [0, 0.05) is 0 Å². The monoisotopic (exact) mass is 289 g/mol. The van der Waals surface area contributed by atoms with Crippen molar-refractivity contribution in [3.8, 4) is 0 Å². The molecule has 0 aliphatic rings. The van der Waals surface area contributed by atoms with E-state index in [-0.39, 0.29) is 12.3 Å². The predicted molar refractivity (Wildman–Crippen MR) is 51.4 cm³/mol. The van der Waals surface area contributed by atoms with Gasteiger partial charge in [0.1, 0.15) is 0 Å². The molecule has 0 spiro atoms. The number of hydrogen-bond donors (Lipinski definition) is 1. The maximum absolute atomic E-state index is 11.9. The Bertz CT molecular complexity index is 253. The highest BCUT2D eigenvalue weighted by molar-refractivity contribution is 9.18. The highest BCUT2D eigenvalue weighted by atomic mass is 79.9. The van der Waals surface area contributed by atoms with Gasteiger partial charge in [-0.2, -0.15) is 13.2 Å². The van der Waals surface area contributed by atoms with E-state index < -0.39 is 22.8 Å². The molecule has 0 aromatic rings. The SMILES string of the molecule is CC(C)C[C@H](NC(=O)C(F)(F)F)C(=O)Br. The third-order valence-corrected chi connectivity index (χ3v) is 2.10. The van der Waals surface area contributed by atoms with Crippen molar-refractivity contribution in [3.63, 3.8) is 0 Å². The van der Waals surface area contributed by atoms with Crippen LogP contribution in [0.25, 0.3) is 0 Å². The Balaban J connectivity index is 4.43. The molecule has 15 heavy (non-hydrogen) atoms. The van der Waals surface area contributed by atoms with E-state index in [4.69, 9.17) is 0 Å². The summed E-state index contributed by atoms with van der Waals surface area (Å²) in [4.78, 5) is 21.4. The number of rotatable bonds is 4. The Morgan fingerprint density at radius 1 is 1.33 bits per heavy atom. The van der Waals surface area contributed by atoms with Crippen LogP contribution in [-0.4, -0.2) is 22.8 Å². The molecule has 0 saturated heterocycles. The van der Waals surface area contributed by atoms with E-state index in [2.05, 4.69) is 15.9 Å². The van der Waals surface area contributed by atoms with Crippen LogP contribution < -0.4 is 5.32 Å². The number of halogens is 4. The van der Waals surface area contributed by atoms with Crippen molar-refractivity contribution in [2.75, 3.05) is 0 Å². The second-order valence-corrected chi connectivity index (χ2v) is 4.24. The first-order valence-electron chi connectivity index (χ1n) is 4.21. The molecule has 0 bridgehead atoms. The van der Waals surface area contributed by atoms with Gasteiger partial charge in [-0.25, -0.2) is 0 Å². The summed E-state index contributed by atoms with van der Waals surface area (Å²) in [5.41, 5.74) is 0. The molecule has 0 fully saturated rings. The smallest absolute Gasteiger partial charge is 0.338 e. The lowest BCUT2D eigenvalue weighted by Crippen LogP contribution is -2.46. The van der Waals surface area contributed by atoms with Crippen LogP contribution in [0.3, 0.4) is 0 Å². The Hall–Kier alpha value is -0.590. The first-order valence-corrected chi connectivity index (χ1v) is 5.01. The van der Waals surface area contributed by atoms with Crippen LogP contribution in [0, 0.1) is 5.92 Å². The van der Waals surface area contributed by atoms with Crippen molar-refractivity contribution in [2.45, 2.75) is 32.5 Å². The van der Waals surface area contributed by atoms with Crippen LogP contribution in [0.1, 0.15) is 20.3 Å². The topological polar surface area (TPSA) is 46.2 Å². The Labute approximate surface area is 93.5 Å². The van der Waals surface area contributed by atoms with Crippen LogP contribution in [-0.2, 0) is 9.59 Å². The molecule has 0 heterocycles. The van der Waals surface area contributed by atoms with Crippen molar-refractivity contribution in [2.24, 2.45) is 5.92 Å². The van der Waals surface area contributed by atoms with Crippen LogP contribution in [0.2, 0.25) is 0 Å². The van der Waals surface area contributed by atoms with E-state index in [0.717, 1.165) is 0 Å². The number of carbonyl (C=O) groups is 2. The van der Waals surface area contributed by atoms with Gasteiger partial charge in [-0.05, 0) is 28.3 Å². The largest absolute Gasteiger partial charge is 0.471 e. The fraction of sp³-hybridized carbons (Fsp3) is 0.750. The van der Waals surface area contributed by atoms with E-state index in [9.17, 15) is 22.8 Å². The van der Waals surface area contributed by atoms with Gasteiger partial charge in [-0.1, -0.05) is 13.8 Å². The van der Waals surface area contributed by atoms with E-state index in [1.165, 1.54) is 0 Å². The van der Waals surface area contributed by atoms with Gasteiger partial charge >= 0.3 is 12.1 Å². The van der Waals surface area contributed by atoms with Crippen molar-refractivity contribution in [1.82, 2.24) is 5.32 Å². The second-order valence-electron chi connectivity index (χ2n) is 3.46. The molecule has 88 valence electrons. The standard InChI is InChI=1S/C8H11BrF3NO2/c1-4(2)3-5(6(9)14)13-7(15)8(10,11)12/h4-5H,3H2,1-2H3,(H,13,15)/t5-/m0/s1. The molecular formula is C8H11BrF3NO2. The minimum Gasteiger partial charge on any atom is -0.338 e. The number of alkyl halides is 3. The highest BCUT2D eigenvalue weighted by Crippen LogP contribution is 2.16. The molecule has 0 saturated carbocycles. The van der Waals surface area contributed by atoms with Gasteiger partial charge in [-0.15, -0.1) is 0 Å². The number of carbonyl (C=O) groups excluding carboxylic acids is 2. The zero-order chi connectivity index (χ0) is 12.2. The first-order chi connectivity index (χ1) is 6.64. The minimum atomic E-state index is -4.96. The molecule has 1 amide bonds. The van der Waals surface area contributed by atoms with Gasteiger partial charge < -0.3 is 5.32 Å². The third kappa shape index (κ3) is 5.76. The molecule has 1 atom stereocenters. The van der Waals surface area contributed by atoms with Gasteiger partial charge in [-0.3, -0.25) is 9.59 Å². The summed E-state index contributed by atoms with van der Waals surface area (Å²) >= 11 is 2.54. The van der Waals surface area contributed by atoms with Gasteiger partial charge in [0.2, 0.25) is 4.69 Å². The summed E-state index contributed by atoms with van der Waals surface area (Å²) in [6.07, 6.45) is -4.80. The molecule has 0 aromatic heterocycles. The maximum atomic E-state index is 11.9. The summed E-state index contributed by atoms with van der Waals surface area (Å²) in [5.74, 6) is -2.09. The Morgan fingerprint density at radius 2 is 1.80 bits per heavy atom. The molecule has 0 aromatic carbocycles. The lowest BCUT2D eigenvalue weighted by atomic mass is 10.1. The van der Waals surface area contributed by atoms with Gasteiger partial charge in [0.15, 0.2) is 0 Å². The molecule has 0 rings (SSSR count). The highest BCUT2D eigenvalue weighted by Gasteiger charge is 2.40. The Kier molecular flexibility index (Phi) is 5.27. The number of amides is 1. The minimum absolute atomic E-state index is 0.00466. The predicted octanol–water partition coefficient (Wildman–Crippen LogP) is 2.00. The lowest BCUT2D eigenvalue weighted by Gasteiger charge is -2.17. The molecule has 1 N–H and O–H groups in total. The fourth-order valence-electron chi connectivity index (χ4n) is 0.920. The van der Waals surface area contributed by atoms with Crippen LogP contribution >= 0.6 is 15.9 Å². The average Bonchev–Trinajstić information content (AvgIpc) is 1.99. The lowest BCUT2D eigenvalue weighted by molar-refractivity contribution is -0.174. The van der Waals surface area contributed by atoms with Crippen molar-refractivity contribution >= 4 is 26.5 Å². The molecule has 7 heteroatoms. The van der Waals surface area contributed by atoms with Crippen molar-refractivity contribution in [1.29, 1.82) is 0 Å². The van der Waals surface area contributed by atoms with E-state index in [1.807, 2.05) is 0 Å². The first kappa shape index (κ1) is 14.4. The average molecular weight is 290 g/mol. The quantitative estimate of drug-likeness (QED) is 0.805. The van der Waals surface area contributed by atoms with E-state index in [0.29, 0.717) is 0 Å². The van der Waals surface area contributed by atoms with E-state index >= 15 is 0 Å². The molecule has 0 radical (unpaired) electrons. The van der Waals surface area contributed by atoms with Crippen LogP contribution in [0.4, 0.5) is 13.2 Å². The number of nitrogens with one attached hydrogen (secondary N) is 1. The fourth-order valence-corrected chi connectivity index (χ4v) is 1.22. The normalized spacial score (nSPS) is 13.8. The zero-order valence-corrected chi connectivity index (χ0v) is 9.78. The molecular weight excluding hydrogens is 279 g/mol. The zero-order valence-electron chi connectivity index (χ0n) is 8.19. The van der Waals surface area contributed by atoms with Crippen LogP contribution in [0.15, 0.2) is 0 Å². The summed E-state index contributed by atoms with van der Waals surface area (Å²) in [7, 11) is 0. The Morgan fingerprint density at radius 3 is 2.07 bits per heavy atom. The second kappa shape index (κ2) is 5.48. The summed E-state index contributed by atoms with van der Waals surface area (Å²) in [6, 6.07) is -1.14. The molecule has 0 aliphatic heterocycles. The summed E-state index contributed by atoms with van der Waals surface area (Å²) in [6.45, 7) is 3.48. The third-order valence-electron chi connectivity index (χ3n) is 1.54. The van der Waals surface area contributed by atoms with Gasteiger partial charge in [0.25, 0.3) is 0 Å². The van der Waals surface area contributed by atoms with Crippen LogP contribution in [0.5, 0.6) is 0 Å². The molecule has 0 aliphatic carbocycles. The van der Waals surface area contributed by atoms with Gasteiger partial charge in [0.05, 0.1) is 6.04 Å². The molecule has 3 nitrogen and oxygen atoms in total. The molecule has 0 unspecified atom stereocenters. The maximum Gasteiger partial charge on any atom is 0.471 e.